The summed E-state index contributed by atoms with van der Waals surface area (Å²) in [4.78, 5) is 0. The second kappa shape index (κ2) is 8.05. The predicted molar refractivity (Wildman–Crippen MR) is 115 cm³/mol. The average molecular weight is 409 g/mol. The average Bonchev–Trinajstić information content (AvgIpc) is 3.13. The highest BCUT2D eigenvalue weighted by Gasteiger charge is 2.16. The van der Waals surface area contributed by atoms with Crippen molar-refractivity contribution in [1.29, 1.82) is 0 Å². The van der Waals surface area contributed by atoms with Crippen molar-refractivity contribution in [3.8, 4) is 22.8 Å². The van der Waals surface area contributed by atoms with Gasteiger partial charge in [-0.1, -0.05) is 89.4 Å². The predicted octanol–water partition coefficient (Wildman–Crippen LogP) is 5.97. The van der Waals surface area contributed by atoms with Crippen molar-refractivity contribution in [2.45, 2.75) is 13.5 Å². The lowest BCUT2D eigenvalue weighted by Gasteiger charge is -2.15. The van der Waals surface area contributed by atoms with E-state index < -0.39 is 0 Å². The van der Waals surface area contributed by atoms with E-state index in [2.05, 4.69) is 34.7 Å². The first-order valence-electron chi connectivity index (χ1n) is 8.88. The van der Waals surface area contributed by atoms with Crippen molar-refractivity contribution < 1.29 is 0 Å². The molecule has 0 aliphatic heterocycles. The Labute approximate surface area is 173 Å². The molecule has 0 fully saturated rings. The van der Waals surface area contributed by atoms with Gasteiger partial charge in [-0.2, -0.15) is 0 Å². The fraction of sp³-hybridized carbons (Fsp3) is 0.0909. The van der Waals surface area contributed by atoms with Gasteiger partial charge in [-0.05, 0) is 19.1 Å². The van der Waals surface area contributed by atoms with Gasteiger partial charge in [0.15, 0.2) is 11.6 Å². The maximum absolute atomic E-state index is 6.34. The zero-order valence-corrected chi connectivity index (χ0v) is 16.7. The Kier molecular flexibility index (Phi) is 5.33. The summed E-state index contributed by atoms with van der Waals surface area (Å²) in [6.45, 7) is 2.50. The number of nitrogens with one attached hydrogen (secondary N) is 1. The zero-order chi connectivity index (χ0) is 19.5. The summed E-state index contributed by atoms with van der Waals surface area (Å²) in [5.41, 5.74) is 7.34. The maximum atomic E-state index is 6.34. The highest BCUT2D eigenvalue weighted by atomic mass is 35.5. The Bertz CT molecular complexity index is 1070. The summed E-state index contributed by atoms with van der Waals surface area (Å²) in [7, 11) is 0. The minimum Gasteiger partial charge on any atom is -0.318 e. The molecule has 1 N–H and O–H groups in total. The number of nitrogens with zero attached hydrogens (tertiary/aromatic N) is 3. The van der Waals surface area contributed by atoms with Crippen LogP contribution in [-0.4, -0.2) is 14.9 Å². The molecular formula is C22H18Cl2N4. The van der Waals surface area contributed by atoms with Crippen molar-refractivity contribution in [2.75, 3.05) is 5.43 Å². The van der Waals surface area contributed by atoms with E-state index >= 15 is 0 Å². The molecule has 0 spiro atoms. The molecular weight excluding hydrogens is 391 g/mol. The SMILES string of the molecule is Cc1ccc(-c2nnc(-c3ccccc3)n2NCc2c(Cl)cccc2Cl)cc1. The summed E-state index contributed by atoms with van der Waals surface area (Å²) in [5, 5.41) is 10.1. The molecule has 1 aromatic heterocycles. The Morgan fingerprint density at radius 1 is 0.750 bits per heavy atom. The van der Waals surface area contributed by atoms with Crippen molar-refractivity contribution in [3.05, 3.63) is 94.0 Å². The number of aryl methyl sites for hydroxylation is 1. The lowest BCUT2D eigenvalue weighted by molar-refractivity contribution is 0.851. The van der Waals surface area contributed by atoms with Gasteiger partial charge in [0.25, 0.3) is 0 Å². The van der Waals surface area contributed by atoms with Crippen LogP contribution in [0, 0.1) is 6.92 Å². The van der Waals surface area contributed by atoms with Gasteiger partial charge < -0.3 is 5.43 Å². The first-order valence-corrected chi connectivity index (χ1v) is 9.64. The van der Waals surface area contributed by atoms with Gasteiger partial charge in [-0.3, -0.25) is 0 Å². The number of aromatic nitrogens is 3. The van der Waals surface area contributed by atoms with Gasteiger partial charge in [0.05, 0.1) is 6.54 Å². The molecule has 0 bridgehead atoms. The van der Waals surface area contributed by atoms with E-state index in [-0.39, 0.29) is 0 Å². The summed E-state index contributed by atoms with van der Waals surface area (Å²) in [6.07, 6.45) is 0. The molecule has 0 atom stereocenters. The third kappa shape index (κ3) is 3.75. The molecule has 0 saturated carbocycles. The summed E-state index contributed by atoms with van der Waals surface area (Å²) < 4.78 is 1.89. The van der Waals surface area contributed by atoms with E-state index in [1.807, 2.05) is 65.3 Å². The van der Waals surface area contributed by atoms with Crippen LogP contribution >= 0.6 is 23.2 Å². The third-order valence-electron chi connectivity index (χ3n) is 4.48. The van der Waals surface area contributed by atoms with Crippen molar-refractivity contribution in [1.82, 2.24) is 14.9 Å². The second-order valence-corrected chi connectivity index (χ2v) is 7.26. The van der Waals surface area contributed by atoms with E-state index in [9.17, 15) is 0 Å². The monoisotopic (exact) mass is 408 g/mol. The quantitative estimate of drug-likeness (QED) is 0.442. The summed E-state index contributed by atoms with van der Waals surface area (Å²) >= 11 is 12.7. The van der Waals surface area contributed by atoms with Crippen LogP contribution in [0.2, 0.25) is 10.0 Å². The van der Waals surface area contributed by atoms with Crippen LogP contribution in [0.25, 0.3) is 22.8 Å². The fourth-order valence-electron chi connectivity index (χ4n) is 2.96. The molecule has 0 amide bonds. The minimum absolute atomic E-state index is 0.440. The van der Waals surface area contributed by atoms with Gasteiger partial charge in [0.2, 0.25) is 0 Å². The topological polar surface area (TPSA) is 42.7 Å². The van der Waals surface area contributed by atoms with Crippen molar-refractivity contribution in [3.63, 3.8) is 0 Å². The van der Waals surface area contributed by atoms with E-state index in [0.717, 1.165) is 28.3 Å². The number of rotatable bonds is 5. The molecule has 4 rings (SSSR count). The smallest absolute Gasteiger partial charge is 0.182 e. The molecule has 1 heterocycles. The molecule has 0 unspecified atom stereocenters. The Morgan fingerprint density at radius 3 is 1.93 bits per heavy atom. The largest absolute Gasteiger partial charge is 0.318 e. The molecule has 4 nitrogen and oxygen atoms in total. The summed E-state index contributed by atoms with van der Waals surface area (Å²) in [6, 6.07) is 23.6. The van der Waals surface area contributed by atoms with Crippen LogP contribution in [-0.2, 0) is 6.54 Å². The molecule has 0 radical (unpaired) electrons. The Hall–Kier alpha value is -2.82. The van der Waals surface area contributed by atoms with Crippen LogP contribution in [0.5, 0.6) is 0 Å². The van der Waals surface area contributed by atoms with Gasteiger partial charge in [0, 0.05) is 26.7 Å². The normalized spacial score (nSPS) is 10.8. The zero-order valence-electron chi connectivity index (χ0n) is 15.2. The Morgan fingerprint density at radius 2 is 1.32 bits per heavy atom. The van der Waals surface area contributed by atoms with Crippen LogP contribution in [0.4, 0.5) is 0 Å². The van der Waals surface area contributed by atoms with Gasteiger partial charge in [0.1, 0.15) is 0 Å². The molecule has 6 heteroatoms. The van der Waals surface area contributed by atoms with Gasteiger partial charge in [-0.15, -0.1) is 10.2 Å². The summed E-state index contributed by atoms with van der Waals surface area (Å²) in [5.74, 6) is 1.45. The lowest BCUT2D eigenvalue weighted by Crippen LogP contribution is -2.17. The van der Waals surface area contributed by atoms with E-state index in [1.54, 1.807) is 0 Å². The number of halogens is 2. The maximum Gasteiger partial charge on any atom is 0.182 e. The van der Waals surface area contributed by atoms with Crippen molar-refractivity contribution in [2.24, 2.45) is 0 Å². The van der Waals surface area contributed by atoms with Crippen LogP contribution in [0.3, 0.4) is 0 Å². The molecule has 28 heavy (non-hydrogen) atoms. The number of hydrogen-bond acceptors (Lipinski definition) is 3. The second-order valence-electron chi connectivity index (χ2n) is 6.45. The number of hydrogen-bond donors (Lipinski definition) is 1. The third-order valence-corrected chi connectivity index (χ3v) is 5.19. The highest BCUT2D eigenvalue weighted by Crippen LogP contribution is 2.27. The molecule has 0 aliphatic carbocycles. The molecule has 0 saturated heterocycles. The number of benzene rings is 3. The highest BCUT2D eigenvalue weighted by molar-refractivity contribution is 6.36. The first kappa shape index (κ1) is 18.5. The van der Waals surface area contributed by atoms with E-state index in [0.29, 0.717) is 16.6 Å². The molecule has 3 aromatic carbocycles. The standard InChI is InChI=1S/C22H18Cl2N4/c1-15-10-12-17(13-11-15)22-27-26-21(16-6-3-2-4-7-16)28(22)25-14-18-19(23)8-5-9-20(18)24/h2-13,25H,14H2,1H3. The Balaban J connectivity index is 1.76. The van der Waals surface area contributed by atoms with E-state index in [1.165, 1.54) is 5.56 Å². The van der Waals surface area contributed by atoms with Gasteiger partial charge >= 0.3 is 0 Å². The van der Waals surface area contributed by atoms with Crippen LogP contribution in [0.15, 0.2) is 72.8 Å². The fourth-order valence-corrected chi connectivity index (χ4v) is 3.49. The van der Waals surface area contributed by atoms with Crippen molar-refractivity contribution >= 4 is 23.2 Å². The van der Waals surface area contributed by atoms with Crippen LogP contribution in [0.1, 0.15) is 11.1 Å². The van der Waals surface area contributed by atoms with E-state index in [4.69, 9.17) is 23.2 Å². The van der Waals surface area contributed by atoms with Crippen LogP contribution < -0.4 is 5.43 Å². The van der Waals surface area contributed by atoms with Gasteiger partial charge in [-0.25, -0.2) is 4.68 Å². The molecule has 140 valence electrons. The molecule has 4 aromatic rings. The lowest BCUT2D eigenvalue weighted by atomic mass is 10.1. The minimum atomic E-state index is 0.440. The first-order chi connectivity index (χ1) is 13.6. The molecule has 0 aliphatic rings.